The van der Waals surface area contributed by atoms with Crippen molar-refractivity contribution in [2.75, 3.05) is 0 Å². The van der Waals surface area contributed by atoms with E-state index in [0.29, 0.717) is 0 Å². The Morgan fingerprint density at radius 2 is 0.933 bits per heavy atom. The zero-order chi connectivity index (χ0) is 9.98. The fraction of sp³-hybridized carbons (Fsp3) is 0.600. The van der Waals surface area contributed by atoms with Gasteiger partial charge in [0.2, 0.25) is 0 Å². The van der Waals surface area contributed by atoms with Gasteiger partial charge < -0.3 is 0 Å². The Bertz CT molecular complexity index is 160. The fourth-order valence-corrected chi connectivity index (χ4v) is 0.807. The van der Waals surface area contributed by atoms with Crippen molar-refractivity contribution in [1.29, 1.82) is 0 Å². The Hall–Kier alpha value is -0.780. The van der Waals surface area contributed by atoms with Crippen molar-refractivity contribution in [3.8, 4) is 0 Å². The summed E-state index contributed by atoms with van der Waals surface area (Å²) in [6, 6.07) is 8.45. The minimum Gasteiger partial charge on any atom is -0.0776 e. The Morgan fingerprint density at radius 3 is 1.07 bits per heavy atom. The molecule has 0 heterocycles. The van der Waals surface area contributed by atoms with Crippen LogP contribution in [0.25, 0.3) is 0 Å². The maximum atomic E-state index is 2.17. The van der Waals surface area contributed by atoms with Crippen molar-refractivity contribution in [2.45, 2.75) is 63.8 Å². The molecule has 0 heteroatoms. The molecule has 0 saturated heterocycles. The minimum absolute atomic E-state index is 0. The molecule has 0 atom stereocenters. The summed E-state index contributed by atoms with van der Waals surface area (Å²) in [6.07, 6.45) is 0. The van der Waals surface area contributed by atoms with Gasteiger partial charge in [-0.2, -0.15) is 0 Å². The summed E-state index contributed by atoms with van der Waals surface area (Å²) in [5.41, 5.74) is 2.68. The van der Waals surface area contributed by atoms with Crippen LogP contribution in [0.4, 0.5) is 0 Å². The molecule has 0 aliphatic heterocycles. The molecule has 0 amide bonds. The van der Waals surface area contributed by atoms with E-state index >= 15 is 0 Å². The van der Waals surface area contributed by atoms with Gasteiger partial charge in [-0.25, -0.2) is 0 Å². The van der Waals surface area contributed by atoms with Crippen LogP contribution < -0.4 is 0 Å². The van der Waals surface area contributed by atoms with Crippen LogP contribution in [0, 0.1) is 13.8 Å². The predicted octanol–water partition coefficient (Wildman–Crippen LogP) is 6.26. The molecule has 0 aliphatic carbocycles. The lowest BCUT2D eigenvalue weighted by atomic mass is 10.2. The van der Waals surface area contributed by atoms with Gasteiger partial charge >= 0.3 is 0 Å². The van der Waals surface area contributed by atoms with Crippen molar-refractivity contribution in [2.24, 2.45) is 0 Å². The van der Waals surface area contributed by atoms with E-state index in [2.05, 4.69) is 38.1 Å². The third-order valence-electron chi connectivity index (χ3n) is 1.17. The number of rotatable bonds is 0. The second kappa shape index (κ2) is 23.2. The normalized spacial score (nSPS) is 5.73. The van der Waals surface area contributed by atoms with Gasteiger partial charge in [-0.15, -0.1) is 0 Å². The van der Waals surface area contributed by atoms with Gasteiger partial charge in [-0.3, -0.25) is 0 Å². The first kappa shape index (κ1) is 29.2. The van der Waals surface area contributed by atoms with E-state index in [-0.39, 0.29) is 22.3 Å². The van der Waals surface area contributed by atoms with Gasteiger partial charge in [0.1, 0.15) is 0 Å². The van der Waals surface area contributed by atoms with Crippen LogP contribution in [-0.2, 0) is 0 Å². The van der Waals surface area contributed by atoms with E-state index in [9.17, 15) is 0 Å². The number of hydrogen-bond acceptors (Lipinski definition) is 0. The van der Waals surface area contributed by atoms with Crippen LogP contribution in [0.2, 0.25) is 0 Å². The van der Waals surface area contributed by atoms with Crippen LogP contribution in [0.15, 0.2) is 24.3 Å². The third-order valence-corrected chi connectivity index (χ3v) is 1.17. The molecule has 0 aliphatic rings. The molecule has 1 rings (SSSR count). The van der Waals surface area contributed by atoms with Crippen molar-refractivity contribution < 1.29 is 0 Å². The highest BCUT2D eigenvalue weighted by Gasteiger charge is 1.80. The first-order valence-electron chi connectivity index (χ1n) is 4.82. The molecule has 0 nitrogen and oxygen atoms in total. The Balaban J connectivity index is -0.0000000432. The van der Waals surface area contributed by atoms with Crippen LogP contribution in [0.3, 0.4) is 0 Å². The molecule has 0 aromatic heterocycles. The van der Waals surface area contributed by atoms with Crippen LogP contribution in [0.5, 0.6) is 0 Å². The summed E-state index contributed by atoms with van der Waals surface area (Å²) in [6.45, 7) is 12.2. The quantitative estimate of drug-likeness (QED) is 0.478. The Labute approximate surface area is 99.7 Å². The maximum absolute atomic E-state index is 2.17. The van der Waals surface area contributed by atoms with Crippen molar-refractivity contribution in [3.63, 3.8) is 0 Å². The molecular weight excluding hydrogens is 180 g/mol. The van der Waals surface area contributed by atoms with E-state index in [0.717, 1.165) is 0 Å². The highest BCUT2D eigenvalue weighted by Crippen LogP contribution is 2.00. The SMILES string of the molecule is C.C.C.CC.CC.Cc1cccc(C)c1. The predicted molar refractivity (Wildman–Crippen MR) is 78.8 cm³/mol. The largest absolute Gasteiger partial charge is 0.0776 e. The van der Waals surface area contributed by atoms with Gasteiger partial charge in [-0.1, -0.05) is 85.4 Å². The summed E-state index contributed by atoms with van der Waals surface area (Å²) < 4.78 is 0. The molecule has 0 saturated carbocycles. The van der Waals surface area contributed by atoms with Crippen LogP contribution in [0.1, 0.15) is 61.1 Å². The molecule has 94 valence electrons. The molecule has 0 spiro atoms. The molecule has 1 aromatic rings. The summed E-state index contributed by atoms with van der Waals surface area (Å²) in [7, 11) is 0. The van der Waals surface area contributed by atoms with Crippen LogP contribution >= 0.6 is 0 Å². The summed E-state index contributed by atoms with van der Waals surface area (Å²) in [5, 5.41) is 0. The van der Waals surface area contributed by atoms with Crippen molar-refractivity contribution in [3.05, 3.63) is 35.4 Å². The lowest BCUT2D eigenvalue weighted by Gasteiger charge is -1.90. The van der Waals surface area contributed by atoms with Gasteiger partial charge in [0.05, 0.1) is 0 Å². The van der Waals surface area contributed by atoms with E-state index < -0.39 is 0 Å². The maximum Gasteiger partial charge on any atom is -0.0398 e. The highest BCUT2D eigenvalue weighted by molar-refractivity contribution is 5.20. The second-order valence-electron chi connectivity index (χ2n) is 2.16. The van der Waals surface area contributed by atoms with Crippen LogP contribution in [-0.4, -0.2) is 0 Å². The van der Waals surface area contributed by atoms with E-state index in [1.54, 1.807) is 0 Å². The smallest absolute Gasteiger partial charge is 0.0398 e. The molecular formula is C15H34. The van der Waals surface area contributed by atoms with E-state index in [1.807, 2.05) is 27.7 Å². The minimum atomic E-state index is 0. The molecule has 0 bridgehead atoms. The average molecular weight is 214 g/mol. The first-order chi connectivity index (χ1) is 5.79. The number of benzene rings is 1. The summed E-state index contributed by atoms with van der Waals surface area (Å²) in [4.78, 5) is 0. The molecule has 0 N–H and O–H groups in total. The monoisotopic (exact) mass is 214 g/mol. The van der Waals surface area contributed by atoms with Gasteiger partial charge in [0.15, 0.2) is 0 Å². The molecule has 0 radical (unpaired) electrons. The topological polar surface area (TPSA) is 0 Å². The highest BCUT2D eigenvalue weighted by atomic mass is 13.9. The first-order valence-corrected chi connectivity index (χ1v) is 4.82. The zero-order valence-corrected chi connectivity index (χ0v) is 9.31. The summed E-state index contributed by atoms with van der Waals surface area (Å²) >= 11 is 0. The molecule has 0 unspecified atom stereocenters. The van der Waals surface area contributed by atoms with E-state index in [1.165, 1.54) is 11.1 Å². The van der Waals surface area contributed by atoms with E-state index in [4.69, 9.17) is 0 Å². The second-order valence-corrected chi connectivity index (χ2v) is 2.16. The Kier molecular flexibility index (Phi) is 45.3. The summed E-state index contributed by atoms with van der Waals surface area (Å²) in [5.74, 6) is 0. The third kappa shape index (κ3) is 19.6. The average Bonchev–Trinajstić information content (AvgIpc) is 2.11. The van der Waals surface area contributed by atoms with Gasteiger partial charge in [-0.05, 0) is 13.8 Å². The Morgan fingerprint density at radius 1 is 0.667 bits per heavy atom. The lowest BCUT2D eigenvalue weighted by molar-refractivity contribution is 1.39. The van der Waals surface area contributed by atoms with Crippen molar-refractivity contribution >= 4 is 0 Å². The fourth-order valence-electron chi connectivity index (χ4n) is 0.807. The number of aryl methyl sites for hydroxylation is 2. The standard InChI is InChI=1S/C8H10.2C2H6.3CH4/c1-7-4-3-5-8(2)6-7;2*1-2;;;/h3-6H,1-2H3;2*1-2H3;3*1H4. The van der Waals surface area contributed by atoms with Crippen molar-refractivity contribution in [1.82, 2.24) is 0 Å². The van der Waals surface area contributed by atoms with Gasteiger partial charge in [0, 0.05) is 0 Å². The van der Waals surface area contributed by atoms with Gasteiger partial charge in [0.25, 0.3) is 0 Å². The molecule has 1 aromatic carbocycles. The number of hydrogen-bond donors (Lipinski definition) is 0. The lowest BCUT2D eigenvalue weighted by Crippen LogP contribution is -1.71. The molecule has 15 heavy (non-hydrogen) atoms. The molecule has 0 fully saturated rings. The zero-order valence-electron chi connectivity index (χ0n) is 9.31.